The highest BCUT2D eigenvalue weighted by atomic mass is 32.2. The third kappa shape index (κ3) is 6.49. The molecule has 0 N–H and O–H groups in total. The van der Waals surface area contributed by atoms with Crippen LogP contribution in [0.15, 0.2) is 17.8 Å². The van der Waals surface area contributed by atoms with Crippen LogP contribution in [0, 0.1) is 0 Å². The van der Waals surface area contributed by atoms with Crippen LogP contribution in [-0.2, 0) is 17.8 Å². The molecular formula is C19H32N4OS. The molecule has 0 atom stereocenters. The fraction of sp³-hybridized carbons (Fsp3) is 0.737. The second kappa shape index (κ2) is 11.3. The molecule has 5 nitrogen and oxygen atoms in total. The van der Waals surface area contributed by atoms with Crippen molar-refractivity contribution >= 4 is 17.7 Å². The fourth-order valence-electron chi connectivity index (χ4n) is 3.17. The Morgan fingerprint density at radius 2 is 1.92 bits per heavy atom. The molecule has 0 saturated carbocycles. The number of thioether (sulfide) groups is 1. The summed E-state index contributed by atoms with van der Waals surface area (Å²) in [6.07, 6.45) is 12.6. The van der Waals surface area contributed by atoms with Gasteiger partial charge in [-0.05, 0) is 25.7 Å². The lowest BCUT2D eigenvalue weighted by Gasteiger charge is -2.26. The van der Waals surface area contributed by atoms with E-state index in [1.807, 2.05) is 11.0 Å². The predicted octanol–water partition coefficient (Wildman–Crippen LogP) is 4.08. The molecule has 1 amide bonds. The van der Waals surface area contributed by atoms with Gasteiger partial charge in [0, 0.05) is 26.1 Å². The summed E-state index contributed by atoms with van der Waals surface area (Å²) in [5.41, 5.74) is 0. The van der Waals surface area contributed by atoms with E-state index in [1.54, 1.807) is 0 Å². The monoisotopic (exact) mass is 364 g/mol. The number of unbranched alkanes of at least 4 members (excludes halogenated alkanes) is 4. The van der Waals surface area contributed by atoms with Gasteiger partial charge in [-0.2, -0.15) is 0 Å². The number of carbonyl (C=O) groups excluding carboxylic acids is 1. The molecular weight excluding hydrogens is 332 g/mol. The Labute approximate surface area is 156 Å². The zero-order chi connectivity index (χ0) is 17.9. The van der Waals surface area contributed by atoms with E-state index in [1.165, 1.54) is 43.9 Å². The number of likely N-dealkylation sites (tertiary alicyclic amines) is 1. The van der Waals surface area contributed by atoms with Gasteiger partial charge < -0.3 is 9.47 Å². The fourth-order valence-corrected chi connectivity index (χ4v) is 4.04. The highest BCUT2D eigenvalue weighted by Crippen LogP contribution is 2.20. The Morgan fingerprint density at radius 1 is 1.16 bits per heavy atom. The number of amides is 1. The maximum absolute atomic E-state index is 12.3. The molecule has 140 valence electrons. The lowest BCUT2D eigenvalue weighted by Crippen LogP contribution is -2.36. The summed E-state index contributed by atoms with van der Waals surface area (Å²) in [6, 6.07) is 0. The van der Waals surface area contributed by atoms with Gasteiger partial charge in [-0.25, -0.2) is 0 Å². The van der Waals surface area contributed by atoms with E-state index in [2.05, 4.69) is 28.3 Å². The van der Waals surface area contributed by atoms with E-state index in [0.717, 1.165) is 49.8 Å². The minimum atomic E-state index is 0.221. The van der Waals surface area contributed by atoms with Gasteiger partial charge in [0.15, 0.2) is 5.16 Å². The smallest absolute Gasteiger partial charge is 0.233 e. The number of piperidine rings is 1. The number of nitrogens with zero attached hydrogens (tertiary/aromatic N) is 4. The molecule has 6 heteroatoms. The van der Waals surface area contributed by atoms with Crippen molar-refractivity contribution in [3.05, 3.63) is 18.5 Å². The average Bonchev–Trinajstić information content (AvgIpc) is 3.02. The van der Waals surface area contributed by atoms with Crippen LogP contribution in [-0.4, -0.2) is 44.4 Å². The van der Waals surface area contributed by atoms with Crippen molar-refractivity contribution in [2.45, 2.75) is 76.4 Å². The zero-order valence-electron chi connectivity index (χ0n) is 15.6. The first-order valence-corrected chi connectivity index (χ1v) is 10.7. The Balaban J connectivity index is 1.86. The molecule has 1 aromatic rings. The lowest BCUT2D eigenvalue weighted by atomic mass is 10.1. The minimum Gasteiger partial charge on any atom is -0.342 e. The molecule has 2 heterocycles. The Bertz CT molecular complexity index is 538. The summed E-state index contributed by atoms with van der Waals surface area (Å²) in [5.74, 6) is 1.69. The number of allylic oxidation sites excluding steroid dienone is 1. The van der Waals surface area contributed by atoms with E-state index in [9.17, 15) is 4.79 Å². The van der Waals surface area contributed by atoms with Crippen molar-refractivity contribution in [1.29, 1.82) is 0 Å². The van der Waals surface area contributed by atoms with E-state index in [4.69, 9.17) is 0 Å². The molecule has 1 aromatic heterocycles. The normalized spacial score (nSPS) is 14.7. The number of hydrogen-bond donors (Lipinski definition) is 0. The molecule has 0 spiro atoms. The molecule has 0 unspecified atom stereocenters. The van der Waals surface area contributed by atoms with Crippen LogP contribution in [0.2, 0.25) is 0 Å². The molecule has 1 saturated heterocycles. The summed E-state index contributed by atoms with van der Waals surface area (Å²) in [5, 5.41) is 9.53. The van der Waals surface area contributed by atoms with Crippen molar-refractivity contribution in [3.8, 4) is 0 Å². The lowest BCUT2D eigenvalue weighted by molar-refractivity contribution is -0.129. The SMILES string of the molecule is C=CCn1c(CCCCCCC)nnc1SCC(=O)N1CCCCC1. The predicted molar refractivity (Wildman–Crippen MR) is 104 cm³/mol. The van der Waals surface area contributed by atoms with Crippen molar-refractivity contribution in [1.82, 2.24) is 19.7 Å². The van der Waals surface area contributed by atoms with Crippen molar-refractivity contribution in [3.63, 3.8) is 0 Å². The molecule has 0 aromatic carbocycles. The van der Waals surface area contributed by atoms with Gasteiger partial charge in [0.1, 0.15) is 5.82 Å². The molecule has 25 heavy (non-hydrogen) atoms. The zero-order valence-corrected chi connectivity index (χ0v) is 16.4. The highest BCUT2D eigenvalue weighted by Gasteiger charge is 2.18. The number of carbonyl (C=O) groups is 1. The van der Waals surface area contributed by atoms with E-state index < -0.39 is 0 Å². The largest absolute Gasteiger partial charge is 0.342 e. The van der Waals surface area contributed by atoms with Crippen LogP contribution in [0.25, 0.3) is 0 Å². The minimum absolute atomic E-state index is 0.221. The van der Waals surface area contributed by atoms with Gasteiger partial charge in [0.05, 0.1) is 5.75 Å². The Hall–Kier alpha value is -1.30. The van der Waals surface area contributed by atoms with Gasteiger partial charge in [0.25, 0.3) is 0 Å². The van der Waals surface area contributed by atoms with Gasteiger partial charge >= 0.3 is 0 Å². The molecule has 1 aliphatic heterocycles. The number of hydrogen-bond acceptors (Lipinski definition) is 4. The molecule has 0 aliphatic carbocycles. The van der Waals surface area contributed by atoms with Crippen LogP contribution in [0.4, 0.5) is 0 Å². The molecule has 0 radical (unpaired) electrons. The van der Waals surface area contributed by atoms with Crippen LogP contribution >= 0.6 is 11.8 Å². The Morgan fingerprint density at radius 3 is 2.64 bits per heavy atom. The third-order valence-electron chi connectivity index (χ3n) is 4.64. The number of aromatic nitrogens is 3. The van der Waals surface area contributed by atoms with Gasteiger partial charge in [-0.1, -0.05) is 50.4 Å². The second-order valence-corrected chi connectivity index (χ2v) is 7.63. The number of aryl methyl sites for hydroxylation is 1. The molecule has 2 rings (SSSR count). The van der Waals surface area contributed by atoms with E-state index >= 15 is 0 Å². The van der Waals surface area contributed by atoms with E-state index in [0.29, 0.717) is 12.3 Å². The van der Waals surface area contributed by atoms with Gasteiger partial charge in [-0.15, -0.1) is 16.8 Å². The molecule has 1 aliphatic rings. The van der Waals surface area contributed by atoms with Crippen molar-refractivity contribution in [2.24, 2.45) is 0 Å². The quantitative estimate of drug-likeness (QED) is 0.337. The maximum Gasteiger partial charge on any atom is 0.233 e. The first kappa shape index (κ1) is 20.0. The summed E-state index contributed by atoms with van der Waals surface area (Å²) < 4.78 is 2.11. The highest BCUT2D eigenvalue weighted by molar-refractivity contribution is 7.99. The topological polar surface area (TPSA) is 51.0 Å². The van der Waals surface area contributed by atoms with Gasteiger partial charge in [0.2, 0.25) is 5.91 Å². The molecule has 0 bridgehead atoms. The van der Waals surface area contributed by atoms with Crippen LogP contribution < -0.4 is 0 Å². The van der Waals surface area contributed by atoms with Crippen LogP contribution in [0.1, 0.15) is 64.1 Å². The average molecular weight is 365 g/mol. The van der Waals surface area contributed by atoms with Crippen molar-refractivity contribution in [2.75, 3.05) is 18.8 Å². The van der Waals surface area contributed by atoms with E-state index in [-0.39, 0.29) is 5.91 Å². The van der Waals surface area contributed by atoms with Gasteiger partial charge in [-0.3, -0.25) is 4.79 Å². The number of rotatable bonds is 11. The standard InChI is InChI=1S/C19H32N4OS/c1-3-5-6-7-9-12-17-20-21-19(23(17)13-4-2)25-16-18(24)22-14-10-8-11-15-22/h4H,2-3,5-16H2,1H3. The maximum atomic E-state index is 12.3. The summed E-state index contributed by atoms with van der Waals surface area (Å²) in [7, 11) is 0. The summed E-state index contributed by atoms with van der Waals surface area (Å²) in [4.78, 5) is 14.3. The molecule has 1 fully saturated rings. The van der Waals surface area contributed by atoms with Crippen LogP contribution in [0.3, 0.4) is 0 Å². The first-order chi connectivity index (χ1) is 12.3. The summed E-state index contributed by atoms with van der Waals surface area (Å²) in [6.45, 7) is 8.59. The second-order valence-electron chi connectivity index (χ2n) is 6.69. The third-order valence-corrected chi connectivity index (χ3v) is 5.59. The summed E-state index contributed by atoms with van der Waals surface area (Å²) >= 11 is 1.51. The van der Waals surface area contributed by atoms with Crippen molar-refractivity contribution < 1.29 is 4.79 Å². The Kier molecular flexibility index (Phi) is 9.08. The first-order valence-electron chi connectivity index (χ1n) is 9.69. The van der Waals surface area contributed by atoms with Crippen LogP contribution in [0.5, 0.6) is 0 Å².